The van der Waals surface area contributed by atoms with Gasteiger partial charge in [0, 0.05) is 33.8 Å². The maximum atomic E-state index is 11.3. The van der Waals surface area contributed by atoms with Gasteiger partial charge in [0.2, 0.25) is 10.0 Å². The molecule has 0 saturated carbocycles. The second-order valence-electron chi connectivity index (χ2n) is 3.41. The predicted octanol–water partition coefficient (Wildman–Crippen LogP) is -0.498. The molecule has 0 aliphatic heterocycles. The second-order valence-corrected chi connectivity index (χ2v) is 5.71. The Bertz CT molecular complexity index is 239. The first-order valence-corrected chi connectivity index (χ1v) is 6.13. The van der Waals surface area contributed by atoms with Crippen LogP contribution in [0.25, 0.3) is 0 Å². The summed E-state index contributed by atoms with van der Waals surface area (Å²) in [4.78, 5) is 0. The molecule has 0 aliphatic carbocycles. The molecule has 0 unspecified atom stereocenters. The summed E-state index contributed by atoms with van der Waals surface area (Å²) in [5, 5.41) is 3.06. The van der Waals surface area contributed by atoms with Gasteiger partial charge in [-0.1, -0.05) is 0 Å². The molecule has 0 spiro atoms. The van der Waals surface area contributed by atoms with Crippen LogP contribution >= 0.6 is 0 Å². The van der Waals surface area contributed by atoms with Gasteiger partial charge in [-0.05, 0) is 6.92 Å². The molecule has 14 heavy (non-hydrogen) atoms. The van der Waals surface area contributed by atoms with E-state index in [2.05, 4.69) is 5.32 Å². The van der Waals surface area contributed by atoms with Gasteiger partial charge in [0.25, 0.3) is 0 Å². The molecule has 0 heterocycles. The molecule has 0 fully saturated rings. The van der Waals surface area contributed by atoms with Crippen molar-refractivity contribution in [2.24, 2.45) is 0 Å². The zero-order valence-corrected chi connectivity index (χ0v) is 10.1. The lowest BCUT2D eigenvalue weighted by molar-refractivity contribution is 0.173. The molecule has 0 aromatic carbocycles. The van der Waals surface area contributed by atoms with E-state index in [1.165, 1.54) is 18.4 Å². The van der Waals surface area contributed by atoms with Crippen molar-refractivity contribution in [1.82, 2.24) is 9.62 Å². The Morgan fingerprint density at radius 1 is 1.43 bits per heavy atom. The number of ether oxygens (including phenoxy) is 1. The highest BCUT2D eigenvalue weighted by Crippen LogP contribution is 1.92. The molecule has 0 radical (unpaired) electrons. The van der Waals surface area contributed by atoms with E-state index in [9.17, 15) is 8.42 Å². The van der Waals surface area contributed by atoms with Crippen LogP contribution in [-0.4, -0.2) is 58.9 Å². The molecule has 5 nitrogen and oxygen atoms in total. The minimum atomic E-state index is -3.08. The zero-order chi connectivity index (χ0) is 11.2. The number of methoxy groups -OCH3 is 1. The van der Waals surface area contributed by atoms with E-state index in [1.54, 1.807) is 7.11 Å². The second kappa shape index (κ2) is 6.34. The third-order valence-corrected chi connectivity index (χ3v) is 3.66. The van der Waals surface area contributed by atoms with E-state index in [0.717, 1.165) is 0 Å². The quantitative estimate of drug-likeness (QED) is 0.633. The molecule has 0 rings (SSSR count). The van der Waals surface area contributed by atoms with Gasteiger partial charge in [0.05, 0.1) is 12.4 Å². The maximum absolute atomic E-state index is 11.3. The summed E-state index contributed by atoms with van der Waals surface area (Å²) in [7, 11) is 1.61. The van der Waals surface area contributed by atoms with Crippen molar-refractivity contribution in [2.45, 2.75) is 13.0 Å². The van der Waals surface area contributed by atoms with E-state index in [4.69, 9.17) is 4.74 Å². The van der Waals surface area contributed by atoms with Crippen molar-refractivity contribution in [3.8, 4) is 0 Å². The average Bonchev–Trinajstić information content (AvgIpc) is 2.04. The average molecular weight is 224 g/mol. The monoisotopic (exact) mass is 224 g/mol. The lowest BCUT2D eigenvalue weighted by Crippen LogP contribution is -2.36. The Kier molecular flexibility index (Phi) is 6.26. The summed E-state index contributed by atoms with van der Waals surface area (Å²) in [6.45, 7) is 2.98. The normalized spacial score (nSPS) is 14.6. The highest BCUT2D eigenvalue weighted by atomic mass is 32.2. The van der Waals surface area contributed by atoms with Crippen LogP contribution in [0, 0.1) is 0 Å². The highest BCUT2D eigenvalue weighted by Gasteiger charge is 2.13. The fraction of sp³-hybridized carbons (Fsp3) is 1.00. The number of rotatable bonds is 7. The van der Waals surface area contributed by atoms with Crippen molar-refractivity contribution in [3.63, 3.8) is 0 Å². The minimum absolute atomic E-state index is 0.119. The van der Waals surface area contributed by atoms with Crippen molar-refractivity contribution < 1.29 is 13.2 Å². The van der Waals surface area contributed by atoms with Gasteiger partial charge in [-0.2, -0.15) is 0 Å². The molecule has 0 aromatic heterocycles. The standard InChI is InChI=1S/C8H20N2O3S/c1-8(7-13-4)9-5-6-14(11,12)10(2)3/h8-9H,5-7H2,1-4H3/t8-/m0/s1. The summed E-state index contributed by atoms with van der Waals surface area (Å²) in [5.74, 6) is 0.119. The molecule has 0 amide bonds. The Morgan fingerprint density at radius 2 is 2.00 bits per heavy atom. The van der Waals surface area contributed by atoms with E-state index >= 15 is 0 Å². The molecule has 1 N–H and O–H groups in total. The van der Waals surface area contributed by atoms with E-state index in [1.807, 2.05) is 6.92 Å². The van der Waals surface area contributed by atoms with Crippen molar-refractivity contribution in [2.75, 3.05) is 40.1 Å². The number of nitrogens with one attached hydrogen (secondary N) is 1. The van der Waals surface area contributed by atoms with Crippen LogP contribution in [0.3, 0.4) is 0 Å². The summed E-state index contributed by atoms with van der Waals surface area (Å²) < 4.78 is 28.8. The number of hydrogen-bond acceptors (Lipinski definition) is 4. The SMILES string of the molecule is COC[C@H](C)NCCS(=O)(=O)N(C)C. The third kappa shape index (κ3) is 5.54. The van der Waals surface area contributed by atoms with E-state index in [-0.39, 0.29) is 11.8 Å². The van der Waals surface area contributed by atoms with Gasteiger partial charge in [-0.25, -0.2) is 12.7 Å². The van der Waals surface area contributed by atoms with E-state index < -0.39 is 10.0 Å². The predicted molar refractivity (Wildman–Crippen MR) is 56.8 cm³/mol. The van der Waals surface area contributed by atoms with Crippen LogP contribution in [0.1, 0.15) is 6.92 Å². The van der Waals surface area contributed by atoms with E-state index in [0.29, 0.717) is 13.2 Å². The molecule has 86 valence electrons. The van der Waals surface area contributed by atoms with Crippen LogP contribution in [0.15, 0.2) is 0 Å². The molecule has 0 aliphatic rings. The number of hydrogen-bond donors (Lipinski definition) is 1. The number of nitrogens with zero attached hydrogens (tertiary/aromatic N) is 1. The van der Waals surface area contributed by atoms with Gasteiger partial charge in [0.15, 0.2) is 0 Å². The largest absolute Gasteiger partial charge is 0.383 e. The molecule has 1 atom stereocenters. The fourth-order valence-electron chi connectivity index (χ4n) is 0.926. The first-order valence-electron chi connectivity index (χ1n) is 4.52. The third-order valence-electron chi connectivity index (χ3n) is 1.83. The van der Waals surface area contributed by atoms with Crippen molar-refractivity contribution in [3.05, 3.63) is 0 Å². The Labute approximate surface area is 86.5 Å². The Balaban J connectivity index is 3.74. The first-order chi connectivity index (χ1) is 6.40. The van der Waals surface area contributed by atoms with Crippen LogP contribution in [0.2, 0.25) is 0 Å². The van der Waals surface area contributed by atoms with Gasteiger partial charge < -0.3 is 10.1 Å². The van der Waals surface area contributed by atoms with Crippen LogP contribution in [-0.2, 0) is 14.8 Å². The van der Waals surface area contributed by atoms with Gasteiger partial charge in [0.1, 0.15) is 0 Å². The van der Waals surface area contributed by atoms with Gasteiger partial charge in [-0.15, -0.1) is 0 Å². The minimum Gasteiger partial charge on any atom is -0.383 e. The molecular weight excluding hydrogens is 204 g/mol. The topological polar surface area (TPSA) is 58.6 Å². The highest BCUT2D eigenvalue weighted by molar-refractivity contribution is 7.89. The van der Waals surface area contributed by atoms with Crippen LogP contribution < -0.4 is 5.32 Å². The summed E-state index contributed by atoms with van der Waals surface area (Å²) in [6.07, 6.45) is 0. The first kappa shape index (κ1) is 13.8. The summed E-state index contributed by atoms with van der Waals surface area (Å²) >= 11 is 0. The zero-order valence-electron chi connectivity index (χ0n) is 9.28. The van der Waals surface area contributed by atoms with Crippen molar-refractivity contribution in [1.29, 1.82) is 0 Å². The Hall–Kier alpha value is -0.170. The maximum Gasteiger partial charge on any atom is 0.214 e. The van der Waals surface area contributed by atoms with Gasteiger partial charge in [-0.3, -0.25) is 0 Å². The Morgan fingerprint density at radius 3 is 2.43 bits per heavy atom. The summed E-state index contributed by atoms with van der Waals surface area (Å²) in [5.41, 5.74) is 0. The molecule has 0 bridgehead atoms. The van der Waals surface area contributed by atoms with Crippen LogP contribution in [0.5, 0.6) is 0 Å². The van der Waals surface area contributed by atoms with Gasteiger partial charge >= 0.3 is 0 Å². The smallest absolute Gasteiger partial charge is 0.214 e. The molecular formula is C8H20N2O3S. The summed E-state index contributed by atoms with van der Waals surface area (Å²) in [6, 6.07) is 0.178. The molecule has 0 saturated heterocycles. The number of sulfonamides is 1. The van der Waals surface area contributed by atoms with Crippen molar-refractivity contribution >= 4 is 10.0 Å². The molecule has 0 aromatic rings. The fourth-order valence-corrected chi connectivity index (χ4v) is 1.67. The molecule has 6 heteroatoms. The van der Waals surface area contributed by atoms with Crippen LogP contribution in [0.4, 0.5) is 0 Å². The lowest BCUT2D eigenvalue weighted by atomic mass is 10.4. The lowest BCUT2D eigenvalue weighted by Gasteiger charge is -2.14.